The molecular formula is C18H15N3O4S. The van der Waals surface area contributed by atoms with Crippen molar-refractivity contribution in [1.29, 1.82) is 5.26 Å². The van der Waals surface area contributed by atoms with Crippen LogP contribution in [0.1, 0.15) is 62.4 Å². The number of benzene rings is 1. The Kier molecular flexibility index (Phi) is 4.82. The molecule has 0 fully saturated rings. The van der Waals surface area contributed by atoms with E-state index < -0.39 is 23.7 Å². The van der Waals surface area contributed by atoms with Crippen LogP contribution < -0.4 is 0 Å². The third kappa shape index (κ3) is 2.97. The van der Waals surface area contributed by atoms with E-state index >= 15 is 0 Å². The highest BCUT2D eigenvalue weighted by Gasteiger charge is 2.39. The number of thiazole rings is 1. The summed E-state index contributed by atoms with van der Waals surface area (Å²) in [5, 5.41) is 11.7. The number of aromatic nitrogens is 1. The molecule has 1 aromatic heterocycles. The number of amides is 2. The van der Waals surface area contributed by atoms with Gasteiger partial charge in [-0.15, -0.1) is 11.3 Å². The lowest BCUT2D eigenvalue weighted by Crippen LogP contribution is -2.32. The standard InChI is InChI=1S/C18H15N3O4S/c1-3-10(2)13(8-19)15-20-14(9-26-15)18(24)25-21-16(22)11-6-4-5-7-12(11)17(21)23/h4-7,9-10,13H,3H2,1-2H3. The average Bonchev–Trinajstić information content (AvgIpc) is 3.22. The van der Waals surface area contributed by atoms with Crippen LogP contribution in [0.15, 0.2) is 29.6 Å². The van der Waals surface area contributed by atoms with Crippen molar-refractivity contribution < 1.29 is 19.2 Å². The van der Waals surface area contributed by atoms with Crippen LogP contribution in [0.25, 0.3) is 0 Å². The Bertz CT molecular complexity index is 896. The molecule has 3 rings (SSSR count). The van der Waals surface area contributed by atoms with Gasteiger partial charge in [-0.2, -0.15) is 5.26 Å². The molecule has 0 bridgehead atoms. The van der Waals surface area contributed by atoms with Crippen molar-refractivity contribution in [3.05, 3.63) is 51.5 Å². The van der Waals surface area contributed by atoms with Gasteiger partial charge in [-0.1, -0.05) is 37.5 Å². The molecule has 2 atom stereocenters. The monoisotopic (exact) mass is 369 g/mol. The Morgan fingerprint density at radius 1 is 1.31 bits per heavy atom. The Balaban J connectivity index is 1.77. The van der Waals surface area contributed by atoms with Crippen LogP contribution in [0.5, 0.6) is 0 Å². The number of fused-ring (bicyclic) bond motifs is 1. The zero-order valence-corrected chi connectivity index (χ0v) is 14.9. The van der Waals surface area contributed by atoms with Crippen molar-refractivity contribution >= 4 is 29.1 Å². The topological polar surface area (TPSA) is 100 Å². The Labute approximate surface area is 153 Å². The van der Waals surface area contributed by atoms with Crippen LogP contribution in [0, 0.1) is 17.2 Å². The summed E-state index contributed by atoms with van der Waals surface area (Å²) in [5.74, 6) is -2.63. The number of rotatable bonds is 5. The van der Waals surface area contributed by atoms with Gasteiger partial charge in [0.05, 0.1) is 17.2 Å². The molecular weight excluding hydrogens is 354 g/mol. The molecule has 2 unspecified atom stereocenters. The highest BCUT2D eigenvalue weighted by molar-refractivity contribution is 7.10. The van der Waals surface area contributed by atoms with E-state index in [4.69, 9.17) is 4.84 Å². The van der Waals surface area contributed by atoms with Crippen molar-refractivity contribution in [2.75, 3.05) is 0 Å². The van der Waals surface area contributed by atoms with Gasteiger partial charge in [0.1, 0.15) is 10.9 Å². The molecule has 132 valence electrons. The molecule has 2 amide bonds. The molecule has 26 heavy (non-hydrogen) atoms. The number of imide groups is 1. The summed E-state index contributed by atoms with van der Waals surface area (Å²) in [6.07, 6.45) is 0.798. The third-order valence-corrected chi connectivity index (χ3v) is 5.21. The van der Waals surface area contributed by atoms with Gasteiger partial charge in [-0.25, -0.2) is 9.78 Å². The first-order valence-electron chi connectivity index (χ1n) is 8.03. The van der Waals surface area contributed by atoms with Crippen molar-refractivity contribution in [1.82, 2.24) is 10.0 Å². The minimum Gasteiger partial charge on any atom is -0.322 e. The van der Waals surface area contributed by atoms with E-state index in [0.29, 0.717) is 10.1 Å². The predicted molar refractivity (Wildman–Crippen MR) is 92.3 cm³/mol. The summed E-state index contributed by atoms with van der Waals surface area (Å²) in [6.45, 7) is 3.91. The van der Waals surface area contributed by atoms with E-state index in [2.05, 4.69) is 11.1 Å². The molecule has 2 aromatic rings. The van der Waals surface area contributed by atoms with Gasteiger partial charge in [0.15, 0.2) is 5.69 Å². The van der Waals surface area contributed by atoms with Crippen LogP contribution in [-0.4, -0.2) is 27.8 Å². The fourth-order valence-corrected chi connectivity index (χ4v) is 3.53. The molecule has 8 heteroatoms. The van der Waals surface area contributed by atoms with Gasteiger partial charge in [0.25, 0.3) is 11.8 Å². The van der Waals surface area contributed by atoms with E-state index in [-0.39, 0.29) is 22.7 Å². The summed E-state index contributed by atoms with van der Waals surface area (Å²) >= 11 is 1.18. The third-order valence-electron chi connectivity index (χ3n) is 4.28. The van der Waals surface area contributed by atoms with Crippen LogP contribution in [0.2, 0.25) is 0 Å². The summed E-state index contributed by atoms with van der Waals surface area (Å²) in [4.78, 5) is 45.9. The second-order valence-corrected chi connectivity index (χ2v) is 6.78. The summed E-state index contributed by atoms with van der Waals surface area (Å²) in [7, 11) is 0. The Hall–Kier alpha value is -3.05. The lowest BCUT2D eigenvalue weighted by atomic mass is 9.94. The summed E-state index contributed by atoms with van der Waals surface area (Å²) < 4.78 is 0. The normalized spacial score (nSPS) is 15.3. The first-order valence-corrected chi connectivity index (χ1v) is 8.91. The van der Waals surface area contributed by atoms with E-state index in [1.165, 1.54) is 28.8 Å². The maximum absolute atomic E-state index is 12.3. The molecule has 2 heterocycles. The SMILES string of the molecule is CCC(C)C(C#N)c1nc(C(=O)ON2C(=O)c3ccccc3C2=O)cs1. The van der Waals surface area contributed by atoms with Crippen molar-refractivity contribution in [2.45, 2.75) is 26.2 Å². The number of hydrogen-bond donors (Lipinski definition) is 0. The molecule has 0 saturated carbocycles. The number of nitriles is 1. The van der Waals surface area contributed by atoms with Gasteiger partial charge in [0.2, 0.25) is 0 Å². The molecule has 1 aliphatic rings. The number of hydrogen-bond acceptors (Lipinski definition) is 7. The maximum Gasteiger partial charge on any atom is 0.383 e. The largest absolute Gasteiger partial charge is 0.383 e. The zero-order valence-electron chi connectivity index (χ0n) is 14.1. The quantitative estimate of drug-likeness (QED) is 0.751. The minimum absolute atomic E-state index is 0.0369. The van der Waals surface area contributed by atoms with Crippen LogP contribution >= 0.6 is 11.3 Å². The Morgan fingerprint density at radius 2 is 1.92 bits per heavy atom. The van der Waals surface area contributed by atoms with Crippen LogP contribution in [0.4, 0.5) is 0 Å². The highest BCUT2D eigenvalue weighted by atomic mass is 32.1. The van der Waals surface area contributed by atoms with Gasteiger partial charge < -0.3 is 4.84 Å². The zero-order chi connectivity index (χ0) is 18.8. The molecule has 0 radical (unpaired) electrons. The van der Waals surface area contributed by atoms with Crippen molar-refractivity contribution in [3.8, 4) is 6.07 Å². The average molecular weight is 369 g/mol. The fraction of sp³-hybridized carbons (Fsp3) is 0.278. The molecule has 0 saturated heterocycles. The van der Waals surface area contributed by atoms with Crippen LogP contribution in [-0.2, 0) is 4.84 Å². The second-order valence-electron chi connectivity index (χ2n) is 5.89. The molecule has 7 nitrogen and oxygen atoms in total. The van der Waals surface area contributed by atoms with Gasteiger partial charge in [0, 0.05) is 5.38 Å². The van der Waals surface area contributed by atoms with Gasteiger partial charge in [-0.05, 0) is 18.1 Å². The van der Waals surface area contributed by atoms with Crippen LogP contribution in [0.3, 0.4) is 0 Å². The van der Waals surface area contributed by atoms with E-state index in [0.717, 1.165) is 6.42 Å². The molecule has 1 aromatic carbocycles. The molecule has 0 aliphatic carbocycles. The summed E-state index contributed by atoms with van der Waals surface area (Å²) in [5.41, 5.74) is 0.335. The Morgan fingerprint density at radius 3 is 2.46 bits per heavy atom. The van der Waals surface area contributed by atoms with Gasteiger partial charge in [-0.3, -0.25) is 9.59 Å². The lowest BCUT2D eigenvalue weighted by molar-refractivity contribution is -0.0588. The van der Waals surface area contributed by atoms with E-state index in [1.54, 1.807) is 12.1 Å². The first-order chi connectivity index (χ1) is 12.5. The predicted octanol–water partition coefficient (Wildman–Crippen LogP) is 3.16. The second kappa shape index (κ2) is 7.06. The first kappa shape index (κ1) is 17.8. The number of carbonyl (C=O) groups excluding carboxylic acids is 3. The van der Waals surface area contributed by atoms with Crippen molar-refractivity contribution in [2.24, 2.45) is 5.92 Å². The molecule has 0 N–H and O–H groups in total. The molecule has 1 aliphatic heterocycles. The number of nitrogens with zero attached hydrogens (tertiary/aromatic N) is 3. The lowest BCUT2D eigenvalue weighted by Gasteiger charge is -2.13. The molecule has 0 spiro atoms. The van der Waals surface area contributed by atoms with E-state index in [1.807, 2.05) is 13.8 Å². The number of carbonyl (C=O) groups is 3. The number of hydroxylamine groups is 2. The fourth-order valence-electron chi connectivity index (χ4n) is 2.57. The summed E-state index contributed by atoms with van der Waals surface area (Å²) in [6, 6.07) is 8.43. The van der Waals surface area contributed by atoms with Crippen molar-refractivity contribution in [3.63, 3.8) is 0 Å². The van der Waals surface area contributed by atoms with E-state index in [9.17, 15) is 19.6 Å². The van der Waals surface area contributed by atoms with Gasteiger partial charge >= 0.3 is 5.97 Å². The smallest absolute Gasteiger partial charge is 0.322 e. The maximum atomic E-state index is 12.3. The highest BCUT2D eigenvalue weighted by Crippen LogP contribution is 2.29. The minimum atomic E-state index is -0.914.